The Kier molecular flexibility index (Phi) is 3.68. The highest BCUT2D eigenvalue weighted by atomic mass is 35.5. The van der Waals surface area contributed by atoms with Gasteiger partial charge in [-0.2, -0.15) is 0 Å². The summed E-state index contributed by atoms with van der Waals surface area (Å²) in [5.74, 6) is -0.246. The minimum absolute atomic E-state index is 0.246. The number of nitrogens with one attached hydrogen (secondary N) is 2. The fraction of sp³-hybridized carbons (Fsp3) is 0. The zero-order valence-corrected chi connectivity index (χ0v) is 10.7. The van der Waals surface area contributed by atoms with Gasteiger partial charge in [0, 0.05) is 10.6 Å². The van der Waals surface area contributed by atoms with Crippen LogP contribution in [0.3, 0.4) is 0 Å². The normalized spacial score (nSPS) is 17.4. The van der Waals surface area contributed by atoms with E-state index in [2.05, 4.69) is 5.32 Å². The van der Waals surface area contributed by atoms with E-state index in [-0.39, 0.29) is 5.91 Å². The molecule has 1 fully saturated rings. The lowest BCUT2D eigenvalue weighted by molar-refractivity contribution is -0.115. The van der Waals surface area contributed by atoms with Crippen LogP contribution in [0.4, 0.5) is 5.69 Å². The number of carbonyl (C=O) groups excluding carboxylic acids is 1. The predicted octanol–water partition coefficient (Wildman–Crippen LogP) is 2.63. The maximum Gasteiger partial charge on any atom is 0.263 e. The smallest absolute Gasteiger partial charge is 0.263 e. The van der Waals surface area contributed by atoms with Crippen molar-refractivity contribution in [1.29, 1.82) is 0 Å². The molecule has 0 bridgehead atoms. The molecule has 0 aliphatic carbocycles. The molecule has 0 unspecified atom stereocenters. The molecule has 17 heavy (non-hydrogen) atoms. The van der Waals surface area contributed by atoms with Crippen molar-refractivity contribution in [3.8, 4) is 0 Å². The summed E-state index contributed by atoms with van der Waals surface area (Å²) >= 11 is 11.9. The minimum atomic E-state index is -0.246. The van der Waals surface area contributed by atoms with Crippen LogP contribution >= 0.6 is 35.6 Å². The van der Waals surface area contributed by atoms with E-state index in [0.717, 1.165) is 0 Å². The quantitative estimate of drug-likeness (QED) is 0.443. The molecule has 3 N–H and O–H groups in total. The largest absolute Gasteiger partial charge is 0.307 e. The molecule has 0 spiro atoms. The number of hydrogen-bond donors (Lipinski definition) is 3. The van der Waals surface area contributed by atoms with Gasteiger partial charge >= 0.3 is 0 Å². The first-order chi connectivity index (χ1) is 8.10. The number of rotatable bonds is 2. The molecule has 1 aliphatic heterocycles. The standard InChI is InChI=1S/C10H7ClN2O2S2/c11-6-1-2-7(13-15)5(3-6)4-8-9(14)12-10(16)17-8/h1-4,13,15H,(H,12,14,16)/b8-4-. The van der Waals surface area contributed by atoms with Crippen molar-refractivity contribution in [2.75, 3.05) is 5.48 Å². The highest BCUT2D eigenvalue weighted by Crippen LogP contribution is 2.29. The van der Waals surface area contributed by atoms with E-state index in [4.69, 9.17) is 29.0 Å². The fourth-order valence-corrected chi connectivity index (χ4v) is 2.53. The molecule has 0 aromatic heterocycles. The van der Waals surface area contributed by atoms with Gasteiger partial charge in [-0.3, -0.25) is 15.5 Å². The molecule has 1 saturated heterocycles. The molecular formula is C10H7ClN2O2S2. The van der Waals surface area contributed by atoms with Crippen molar-refractivity contribution >= 4 is 57.6 Å². The fourth-order valence-electron chi connectivity index (χ4n) is 1.32. The second-order valence-electron chi connectivity index (χ2n) is 3.20. The Labute approximate surface area is 112 Å². The van der Waals surface area contributed by atoms with Gasteiger partial charge in [-0.1, -0.05) is 35.6 Å². The average molecular weight is 287 g/mol. The van der Waals surface area contributed by atoms with E-state index < -0.39 is 0 Å². The van der Waals surface area contributed by atoms with Crippen molar-refractivity contribution in [1.82, 2.24) is 5.32 Å². The molecule has 4 nitrogen and oxygen atoms in total. The van der Waals surface area contributed by atoms with Gasteiger partial charge in [0.25, 0.3) is 5.91 Å². The third-order valence-corrected chi connectivity index (χ3v) is 3.46. The first kappa shape index (κ1) is 12.4. The van der Waals surface area contributed by atoms with Crippen LogP contribution in [0.15, 0.2) is 23.1 Å². The molecule has 0 radical (unpaired) electrons. The Morgan fingerprint density at radius 1 is 1.53 bits per heavy atom. The van der Waals surface area contributed by atoms with Gasteiger partial charge in [0.05, 0.1) is 10.6 Å². The van der Waals surface area contributed by atoms with Gasteiger partial charge in [-0.15, -0.1) is 0 Å². The first-order valence-corrected chi connectivity index (χ1v) is 6.15. The number of anilines is 1. The second kappa shape index (κ2) is 5.05. The molecule has 1 heterocycles. The number of amides is 1. The molecular weight excluding hydrogens is 280 g/mol. The number of thioether (sulfide) groups is 1. The van der Waals surface area contributed by atoms with Crippen molar-refractivity contribution in [3.63, 3.8) is 0 Å². The summed E-state index contributed by atoms with van der Waals surface area (Å²) in [7, 11) is 0. The maximum absolute atomic E-state index is 11.5. The Bertz CT molecular complexity index is 531. The summed E-state index contributed by atoms with van der Waals surface area (Å²) in [6.07, 6.45) is 1.61. The summed E-state index contributed by atoms with van der Waals surface area (Å²) in [5, 5.41) is 12.0. The summed E-state index contributed by atoms with van der Waals surface area (Å²) in [4.78, 5) is 11.9. The number of benzene rings is 1. The molecule has 88 valence electrons. The third-order valence-electron chi connectivity index (χ3n) is 2.06. The zero-order valence-electron chi connectivity index (χ0n) is 8.36. The average Bonchev–Trinajstić information content (AvgIpc) is 2.58. The number of thiocarbonyl (C=S) groups is 1. The molecule has 1 aromatic carbocycles. The van der Waals surface area contributed by atoms with Crippen LogP contribution in [-0.2, 0) is 4.79 Å². The first-order valence-electron chi connectivity index (χ1n) is 4.54. The van der Waals surface area contributed by atoms with Crippen molar-refractivity contribution in [3.05, 3.63) is 33.7 Å². The van der Waals surface area contributed by atoms with E-state index >= 15 is 0 Å². The summed E-state index contributed by atoms with van der Waals surface area (Å²) in [5.41, 5.74) is 3.12. The van der Waals surface area contributed by atoms with Crippen LogP contribution in [0.25, 0.3) is 6.08 Å². The number of carbonyl (C=O) groups is 1. The molecule has 1 aliphatic rings. The molecule has 2 rings (SSSR count). The predicted molar refractivity (Wildman–Crippen MR) is 73.2 cm³/mol. The lowest BCUT2D eigenvalue weighted by Gasteiger charge is -2.04. The third kappa shape index (κ3) is 2.78. The van der Waals surface area contributed by atoms with Gasteiger partial charge in [0.1, 0.15) is 4.32 Å². The molecule has 1 amide bonds. The van der Waals surface area contributed by atoms with Crippen LogP contribution in [0.1, 0.15) is 5.56 Å². The van der Waals surface area contributed by atoms with E-state index in [1.54, 1.807) is 24.3 Å². The zero-order chi connectivity index (χ0) is 12.4. The van der Waals surface area contributed by atoms with Crippen molar-refractivity contribution in [2.24, 2.45) is 0 Å². The van der Waals surface area contributed by atoms with E-state index in [1.165, 1.54) is 11.8 Å². The molecule has 1 aromatic rings. The summed E-state index contributed by atoms with van der Waals surface area (Å²) in [6, 6.07) is 4.89. The Morgan fingerprint density at radius 2 is 2.29 bits per heavy atom. The Morgan fingerprint density at radius 3 is 2.88 bits per heavy atom. The lowest BCUT2D eigenvalue weighted by Crippen LogP contribution is -2.17. The maximum atomic E-state index is 11.5. The highest BCUT2D eigenvalue weighted by molar-refractivity contribution is 8.26. The van der Waals surface area contributed by atoms with Gasteiger partial charge in [-0.05, 0) is 24.3 Å². The number of halogens is 1. The molecule has 0 saturated carbocycles. The van der Waals surface area contributed by atoms with Crippen LogP contribution in [0.2, 0.25) is 5.02 Å². The van der Waals surface area contributed by atoms with Crippen LogP contribution in [0, 0.1) is 0 Å². The Hall–Kier alpha value is -1.08. The van der Waals surface area contributed by atoms with Crippen molar-refractivity contribution in [2.45, 2.75) is 0 Å². The van der Waals surface area contributed by atoms with Gasteiger partial charge in [0.15, 0.2) is 0 Å². The van der Waals surface area contributed by atoms with E-state index in [1.807, 2.05) is 5.48 Å². The second-order valence-corrected chi connectivity index (χ2v) is 5.35. The Balaban J connectivity index is 2.41. The highest BCUT2D eigenvalue weighted by Gasteiger charge is 2.22. The van der Waals surface area contributed by atoms with E-state index in [0.29, 0.717) is 25.5 Å². The SMILES string of the molecule is O=C1NC(=S)S/C1=C\c1cc(Cl)ccc1NO. The van der Waals surface area contributed by atoms with Crippen molar-refractivity contribution < 1.29 is 10.0 Å². The van der Waals surface area contributed by atoms with Gasteiger partial charge < -0.3 is 5.32 Å². The lowest BCUT2D eigenvalue weighted by atomic mass is 10.1. The monoisotopic (exact) mass is 286 g/mol. The van der Waals surface area contributed by atoms with Gasteiger partial charge in [0.2, 0.25) is 0 Å². The minimum Gasteiger partial charge on any atom is -0.307 e. The van der Waals surface area contributed by atoms with Gasteiger partial charge in [-0.25, -0.2) is 0 Å². The summed E-state index contributed by atoms with van der Waals surface area (Å²) in [6.45, 7) is 0. The summed E-state index contributed by atoms with van der Waals surface area (Å²) < 4.78 is 0.418. The van der Waals surface area contributed by atoms with E-state index in [9.17, 15) is 4.79 Å². The van der Waals surface area contributed by atoms with Crippen LogP contribution < -0.4 is 10.8 Å². The number of hydrogen-bond acceptors (Lipinski definition) is 5. The molecule has 0 atom stereocenters. The topological polar surface area (TPSA) is 61.4 Å². The van der Waals surface area contributed by atoms with Crippen LogP contribution in [0.5, 0.6) is 0 Å². The van der Waals surface area contributed by atoms with Crippen LogP contribution in [-0.4, -0.2) is 15.4 Å². The molecule has 7 heteroatoms.